The highest BCUT2D eigenvalue weighted by molar-refractivity contribution is 5.26. The number of nitro groups is 1. The van der Waals surface area contributed by atoms with E-state index in [-0.39, 0.29) is 11.9 Å². The number of rotatable bonds is 3. The molecular weight excluding hydrogens is 170 g/mol. The number of aromatic nitrogens is 1. The Morgan fingerprint density at radius 3 is 2.77 bits per heavy atom. The first kappa shape index (κ1) is 9.34. The van der Waals surface area contributed by atoms with Gasteiger partial charge >= 0.3 is 5.82 Å². The molecule has 0 fully saturated rings. The van der Waals surface area contributed by atoms with E-state index in [1.807, 2.05) is 0 Å². The van der Waals surface area contributed by atoms with Gasteiger partial charge in [0.1, 0.15) is 6.20 Å². The van der Waals surface area contributed by atoms with Crippen molar-refractivity contribution in [1.29, 1.82) is 0 Å². The number of hydrogen-bond acceptors (Lipinski definition) is 4. The molecule has 0 aliphatic rings. The molecular formula is C8H9N3O2. The Kier molecular flexibility index (Phi) is 2.71. The zero-order chi connectivity index (χ0) is 9.84. The summed E-state index contributed by atoms with van der Waals surface area (Å²) in [6.07, 6.45) is 2.92. The van der Waals surface area contributed by atoms with Gasteiger partial charge < -0.3 is 15.8 Å². The van der Waals surface area contributed by atoms with E-state index >= 15 is 0 Å². The maximum absolute atomic E-state index is 10.2. The molecule has 1 rings (SSSR count). The van der Waals surface area contributed by atoms with Crippen molar-refractivity contribution in [2.75, 3.05) is 0 Å². The minimum absolute atomic E-state index is 0.181. The average molecular weight is 179 g/mol. The second kappa shape index (κ2) is 3.77. The van der Waals surface area contributed by atoms with Crippen molar-refractivity contribution in [2.24, 2.45) is 5.73 Å². The van der Waals surface area contributed by atoms with Gasteiger partial charge in [-0.3, -0.25) is 0 Å². The Hall–Kier alpha value is -1.75. The van der Waals surface area contributed by atoms with Gasteiger partial charge in [-0.2, -0.15) is 0 Å². The summed E-state index contributed by atoms with van der Waals surface area (Å²) in [4.78, 5) is 13.3. The maximum Gasteiger partial charge on any atom is 0.363 e. The fourth-order valence-corrected chi connectivity index (χ4v) is 0.839. The van der Waals surface area contributed by atoms with Crippen LogP contribution in [0.3, 0.4) is 0 Å². The van der Waals surface area contributed by atoms with E-state index in [4.69, 9.17) is 5.73 Å². The molecule has 13 heavy (non-hydrogen) atoms. The second-order valence-corrected chi connectivity index (χ2v) is 2.47. The minimum Gasteiger partial charge on any atom is -0.358 e. The summed E-state index contributed by atoms with van der Waals surface area (Å²) in [5.74, 6) is -0.181. The first-order chi connectivity index (χ1) is 6.15. The van der Waals surface area contributed by atoms with Gasteiger partial charge in [0.05, 0.1) is 6.04 Å². The van der Waals surface area contributed by atoms with E-state index in [0.717, 1.165) is 0 Å². The van der Waals surface area contributed by atoms with E-state index in [0.29, 0.717) is 5.56 Å². The number of pyridine rings is 1. The third-order valence-electron chi connectivity index (χ3n) is 1.60. The van der Waals surface area contributed by atoms with Crippen LogP contribution in [-0.4, -0.2) is 9.91 Å². The van der Waals surface area contributed by atoms with Gasteiger partial charge in [0, 0.05) is 11.6 Å². The highest BCUT2D eigenvalue weighted by Crippen LogP contribution is 2.13. The fraction of sp³-hybridized carbons (Fsp3) is 0.125. The molecule has 0 aliphatic carbocycles. The molecule has 68 valence electrons. The molecule has 1 heterocycles. The summed E-state index contributed by atoms with van der Waals surface area (Å²) in [5, 5.41) is 10.2. The van der Waals surface area contributed by atoms with Gasteiger partial charge in [0.2, 0.25) is 0 Å². The first-order valence-electron chi connectivity index (χ1n) is 3.63. The lowest BCUT2D eigenvalue weighted by Crippen LogP contribution is -2.06. The van der Waals surface area contributed by atoms with Crippen molar-refractivity contribution >= 4 is 5.82 Å². The Bertz CT molecular complexity index is 321. The number of hydrogen-bond donors (Lipinski definition) is 1. The Morgan fingerprint density at radius 2 is 2.38 bits per heavy atom. The van der Waals surface area contributed by atoms with Gasteiger partial charge in [-0.05, 0) is 16.0 Å². The van der Waals surface area contributed by atoms with Crippen LogP contribution in [-0.2, 0) is 0 Å². The van der Waals surface area contributed by atoms with Crippen LogP contribution in [0.25, 0.3) is 0 Å². The normalized spacial score (nSPS) is 12.1. The topological polar surface area (TPSA) is 82.0 Å². The van der Waals surface area contributed by atoms with E-state index in [1.54, 1.807) is 12.1 Å². The maximum atomic E-state index is 10.2. The molecule has 0 aliphatic heterocycles. The number of nitrogens with two attached hydrogens (primary N) is 1. The summed E-state index contributed by atoms with van der Waals surface area (Å²) in [6.45, 7) is 3.51. The third kappa shape index (κ3) is 2.09. The van der Waals surface area contributed by atoms with Gasteiger partial charge in [-0.15, -0.1) is 6.58 Å². The predicted molar refractivity (Wildman–Crippen MR) is 48.0 cm³/mol. The van der Waals surface area contributed by atoms with Crippen LogP contribution in [0.4, 0.5) is 5.82 Å². The molecule has 5 heteroatoms. The van der Waals surface area contributed by atoms with Crippen molar-refractivity contribution in [1.82, 2.24) is 4.98 Å². The Balaban J connectivity index is 2.93. The van der Waals surface area contributed by atoms with Gasteiger partial charge in [-0.1, -0.05) is 6.08 Å². The molecule has 1 aromatic rings. The highest BCUT2D eigenvalue weighted by Gasteiger charge is 2.08. The van der Waals surface area contributed by atoms with Crippen LogP contribution < -0.4 is 5.73 Å². The summed E-state index contributed by atoms with van der Waals surface area (Å²) in [5.41, 5.74) is 6.30. The Labute approximate surface area is 75.0 Å². The minimum atomic E-state index is -0.552. The van der Waals surface area contributed by atoms with E-state index in [9.17, 15) is 10.1 Å². The molecule has 0 radical (unpaired) electrons. The van der Waals surface area contributed by atoms with Crippen molar-refractivity contribution in [3.63, 3.8) is 0 Å². The predicted octanol–water partition coefficient (Wildman–Crippen LogP) is 1.18. The molecule has 0 saturated heterocycles. The largest absolute Gasteiger partial charge is 0.363 e. The lowest BCUT2D eigenvalue weighted by molar-refractivity contribution is -0.389. The standard InChI is InChI=1S/C8H9N3O2/c1-2-7(9)6-3-4-8(10-5-6)11(12)13/h2-5,7H,1,9H2/t7-/m1/s1. The van der Waals surface area contributed by atoms with E-state index in [2.05, 4.69) is 11.6 Å². The smallest absolute Gasteiger partial charge is 0.358 e. The SMILES string of the molecule is C=C[C@@H](N)c1ccc([N+](=O)[O-])nc1. The van der Waals surface area contributed by atoms with E-state index in [1.165, 1.54) is 12.3 Å². The lowest BCUT2D eigenvalue weighted by Gasteiger charge is -2.02. The molecule has 1 aromatic heterocycles. The molecule has 2 N–H and O–H groups in total. The van der Waals surface area contributed by atoms with Crippen LogP contribution in [0.15, 0.2) is 31.0 Å². The van der Waals surface area contributed by atoms with Crippen molar-refractivity contribution < 1.29 is 4.92 Å². The zero-order valence-corrected chi connectivity index (χ0v) is 6.88. The van der Waals surface area contributed by atoms with Crippen molar-refractivity contribution in [2.45, 2.75) is 6.04 Å². The molecule has 0 aromatic carbocycles. The average Bonchev–Trinajstić information content (AvgIpc) is 2.17. The molecule has 1 atom stereocenters. The molecule has 0 unspecified atom stereocenters. The summed E-state index contributed by atoms with van der Waals surface area (Å²) in [6, 6.07) is 2.56. The summed E-state index contributed by atoms with van der Waals surface area (Å²) < 4.78 is 0. The summed E-state index contributed by atoms with van der Waals surface area (Å²) >= 11 is 0. The number of nitrogens with zero attached hydrogens (tertiary/aromatic N) is 2. The molecule has 0 bridgehead atoms. The van der Waals surface area contributed by atoms with Gasteiger partial charge in [0.25, 0.3) is 0 Å². The lowest BCUT2D eigenvalue weighted by atomic mass is 10.1. The monoisotopic (exact) mass is 179 g/mol. The molecule has 0 saturated carbocycles. The van der Waals surface area contributed by atoms with E-state index < -0.39 is 4.92 Å². The van der Waals surface area contributed by atoms with Crippen molar-refractivity contribution in [3.8, 4) is 0 Å². The molecule has 0 spiro atoms. The van der Waals surface area contributed by atoms with Crippen LogP contribution in [0.1, 0.15) is 11.6 Å². The summed E-state index contributed by atoms with van der Waals surface area (Å²) in [7, 11) is 0. The van der Waals surface area contributed by atoms with Crippen LogP contribution in [0, 0.1) is 10.1 Å². The highest BCUT2D eigenvalue weighted by atomic mass is 16.6. The Morgan fingerprint density at radius 1 is 1.69 bits per heavy atom. The fourth-order valence-electron chi connectivity index (χ4n) is 0.839. The van der Waals surface area contributed by atoms with Gasteiger partial charge in [0.15, 0.2) is 0 Å². The molecule has 0 amide bonds. The molecule has 5 nitrogen and oxygen atoms in total. The van der Waals surface area contributed by atoms with Gasteiger partial charge in [-0.25, -0.2) is 0 Å². The third-order valence-corrected chi connectivity index (χ3v) is 1.60. The van der Waals surface area contributed by atoms with Crippen LogP contribution in [0.5, 0.6) is 0 Å². The zero-order valence-electron chi connectivity index (χ0n) is 6.88. The van der Waals surface area contributed by atoms with Crippen LogP contribution in [0.2, 0.25) is 0 Å². The van der Waals surface area contributed by atoms with Crippen molar-refractivity contribution in [3.05, 3.63) is 46.7 Å². The van der Waals surface area contributed by atoms with Crippen LogP contribution >= 0.6 is 0 Å². The quantitative estimate of drug-likeness (QED) is 0.429. The first-order valence-corrected chi connectivity index (χ1v) is 3.63. The second-order valence-electron chi connectivity index (χ2n) is 2.47.